The average Bonchev–Trinajstić information content (AvgIpc) is 3.43. The summed E-state index contributed by atoms with van der Waals surface area (Å²) in [5.41, 5.74) is 7.20. The number of carbonyl (C=O) groups excluding carboxylic acids is 1. The van der Waals surface area contributed by atoms with Gasteiger partial charge in [-0.3, -0.25) is 14.3 Å². The molecule has 1 aromatic heterocycles. The van der Waals surface area contributed by atoms with Gasteiger partial charge in [0.05, 0.1) is 5.75 Å². The third-order valence-corrected chi connectivity index (χ3v) is 5.83. The quantitative estimate of drug-likeness (QED) is 0.777. The number of benzene rings is 1. The lowest BCUT2D eigenvalue weighted by atomic mass is 10.2. The summed E-state index contributed by atoms with van der Waals surface area (Å²) in [6.45, 7) is 4.34. The number of aromatic nitrogens is 3. The largest absolute Gasteiger partial charge is 0.368 e. The Balaban J connectivity index is 1.25. The monoisotopic (exact) mass is 372 g/mol. The summed E-state index contributed by atoms with van der Waals surface area (Å²) < 4.78 is 1.97. The third-order valence-electron chi connectivity index (χ3n) is 4.90. The van der Waals surface area contributed by atoms with E-state index < -0.39 is 0 Å². The van der Waals surface area contributed by atoms with Crippen molar-refractivity contribution in [1.82, 2.24) is 24.6 Å². The number of nitrogens with zero attached hydrogens (tertiary/aromatic N) is 5. The summed E-state index contributed by atoms with van der Waals surface area (Å²) in [6.07, 6.45) is 2.24. The Hall–Kier alpha value is -2.06. The summed E-state index contributed by atoms with van der Waals surface area (Å²) in [5.74, 6) is 1.01. The van der Waals surface area contributed by atoms with E-state index in [4.69, 9.17) is 5.73 Å². The number of carbonyl (C=O) groups is 1. The van der Waals surface area contributed by atoms with Crippen LogP contribution in [-0.4, -0.2) is 62.4 Å². The van der Waals surface area contributed by atoms with Crippen LogP contribution in [0.1, 0.15) is 24.4 Å². The second kappa shape index (κ2) is 7.67. The van der Waals surface area contributed by atoms with Crippen molar-refractivity contribution in [3.63, 3.8) is 0 Å². The molecule has 0 bridgehead atoms. The highest BCUT2D eigenvalue weighted by Gasteiger charge is 2.29. The zero-order valence-corrected chi connectivity index (χ0v) is 15.6. The molecule has 2 heterocycles. The maximum Gasteiger partial charge on any atom is 0.233 e. The highest BCUT2D eigenvalue weighted by Crippen LogP contribution is 2.39. The van der Waals surface area contributed by atoms with E-state index in [2.05, 4.69) is 39.4 Å². The molecule has 0 atom stereocenters. The van der Waals surface area contributed by atoms with Crippen molar-refractivity contribution in [3.8, 4) is 0 Å². The van der Waals surface area contributed by atoms with E-state index in [0.717, 1.165) is 50.7 Å². The first-order valence-electron chi connectivity index (χ1n) is 9.08. The second-order valence-corrected chi connectivity index (χ2v) is 7.82. The molecule has 2 aliphatic rings. The Morgan fingerprint density at radius 3 is 2.54 bits per heavy atom. The van der Waals surface area contributed by atoms with Crippen LogP contribution >= 0.6 is 11.8 Å². The van der Waals surface area contributed by atoms with Gasteiger partial charge in [0.15, 0.2) is 5.16 Å². The SMILES string of the molecule is Nc1nnc(SCC(=O)N2CCN(Cc3ccccc3)CC2)n1C1CC1. The van der Waals surface area contributed by atoms with Gasteiger partial charge in [-0.05, 0) is 18.4 Å². The first kappa shape index (κ1) is 17.4. The Morgan fingerprint density at radius 1 is 1.12 bits per heavy atom. The Morgan fingerprint density at radius 2 is 1.85 bits per heavy atom. The van der Waals surface area contributed by atoms with Crippen molar-refractivity contribution in [2.24, 2.45) is 0 Å². The molecule has 2 N–H and O–H groups in total. The van der Waals surface area contributed by atoms with Crippen LogP contribution in [0.25, 0.3) is 0 Å². The van der Waals surface area contributed by atoms with Crippen LogP contribution in [0.4, 0.5) is 5.95 Å². The van der Waals surface area contributed by atoms with E-state index in [1.54, 1.807) is 0 Å². The van der Waals surface area contributed by atoms with E-state index >= 15 is 0 Å². The minimum absolute atomic E-state index is 0.165. The number of rotatable bonds is 6. The summed E-state index contributed by atoms with van der Waals surface area (Å²) >= 11 is 1.45. The highest BCUT2D eigenvalue weighted by molar-refractivity contribution is 7.99. The molecule has 0 spiro atoms. The molecule has 1 saturated heterocycles. The Bertz CT molecular complexity index is 752. The smallest absolute Gasteiger partial charge is 0.233 e. The number of hydrogen-bond donors (Lipinski definition) is 1. The molecular formula is C18H24N6OS. The number of amides is 1. The lowest BCUT2D eigenvalue weighted by Gasteiger charge is -2.34. The first-order valence-corrected chi connectivity index (χ1v) is 10.1. The molecule has 1 aliphatic heterocycles. The summed E-state index contributed by atoms with van der Waals surface area (Å²) in [7, 11) is 0. The summed E-state index contributed by atoms with van der Waals surface area (Å²) in [4.78, 5) is 16.9. The number of anilines is 1. The predicted octanol–water partition coefficient (Wildman–Crippen LogP) is 1.63. The first-order chi connectivity index (χ1) is 12.7. The fourth-order valence-corrected chi connectivity index (χ4v) is 4.19. The molecule has 1 aliphatic carbocycles. The molecule has 0 radical (unpaired) electrons. The van der Waals surface area contributed by atoms with Crippen LogP contribution in [0, 0.1) is 0 Å². The van der Waals surface area contributed by atoms with Crippen LogP contribution in [-0.2, 0) is 11.3 Å². The molecule has 1 aromatic carbocycles. The lowest BCUT2D eigenvalue weighted by Crippen LogP contribution is -2.48. The van der Waals surface area contributed by atoms with Crippen molar-refractivity contribution in [1.29, 1.82) is 0 Å². The minimum Gasteiger partial charge on any atom is -0.368 e. The van der Waals surface area contributed by atoms with Gasteiger partial charge in [-0.2, -0.15) is 0 Å². The molecule has 7 nitrogen and oxygen atoms in total. The molecular weight excluding hydrogens is 348 g/mol. The van der Waals surface area contributed by atoms with Crippen molar-refractivity contribution in [2.45, 2.75) is 30.6 Å². The van der Waals surface area contributed by atoms with Crippen molar-refractivity contribution >= 4 is 23.6 Å². The summed E-state index contributed by atoms with van der Waals surface area (Å²) in [6, 6.07) is 10.9. The number of hydrogen-bond acceptors (Lipinski definition) is 6. The highest BCUT2D eigenvalue weighted by atomic mass is 32.2. The predicted molar refractivity (Wildman–Crippen MR) is 102 cm³/mol. The van der Waals surface area contributed by atoms with Gasteiger partial charge >= 0.3 is 0 Å². The molecule has 2 fully saturated rings. The van der Waals surface area contributed by atoms with Crippen molar-refractivity contribution in [2.75, 3.05) is 37.7 Å². The van der Waals surface area contributed by atoms with Gasteiger partial charge in [-0.1, -0.05) is 42.1 Å². The Labute approximate surface area is 157 Å². The van der Waals surface area contributed by atoms with Gasteiger partial charge < -0.3 is 10.6 Å². The number of nitrogen functional groups attached to an aromatic ring is 1. The maximum absolute atomic E-state index is 12.5. The third kappa shape index (κ3) is 4.02. The number of nitrogens with two attached hydrogens (primary N) is 1. The molecule has 138 valence electrons. The number of piperazine rings is 1. The topological polar surface area (TPSA) is 80.3 Å². The zero-order chi connectivity index (χ0) is 17.9. The molecule has 2 aromatic rings. The molecule has 4 rings (SSSR count). The molecule has 26 heavy (non-hydrogen) atoms. The fraction of sp³-hybridized carbons (Fsp3) is 0.500. The maximum atomic E-state index is 12.5. The van der Waals surface area contributed by atoms with Gasteiger partial charge in [-0.15, -0.1) is 10.2 Å². The van der Waals surface area contributed by atoms with Gasteiger partial charge in [0.25, 0.3) is 0 Å². The van der Waals surface area contributed by atoms with Crippen LogP contribution in [0.2, 0.25) is 0 Å². The summed E-state index contributed by atoms with van der Waals surface area (Å²) in [5, 5.41) is 8.85. The molecule has 0 unspecified atom stereocenters. The van der Waals surface area contributed by atoms with E-state index in [1.807, 2.05) is 15.5 Å². The normalized spacial score (nSPS) is 18.2. The number of thioether (sulfide) groups is 1. The van der Waals surface area contributed by atoms with Gasteiger partial charge in [0, 0.05) is 38.8 Å². The zero-order valence-electron chi connectivity index (χ0n) is 14.8. The van der Waals surface area contributed by atoms with Crippen molar-refractivity contribution < 1.29 is 4.79 Å². The van der Waals surface area contributed by atoms with Crippen molar-refractivity contribution in [3.05, 3.63) is 35.9 Å². The second-order valence-electron chi connectivity index (χ2n) is 6.87. The van der Waals surface area contributed by atoms with Crippen LogP contribution in [0.5, 0.6) is 0 Å². The minimum atomic E-state index is 0.165. The van der Waals surface area contributed by atoms with E-state index in [1.165, 1.54) is 17.3 Å². The molecule has 1 saturated carbocycles. The van der Waals surface area contributed by atoms with E-state index in [0.29, 0.717) is 17.7 Å². The van der Waals surface area contributed by atoms with Gasteiger partial charge in [-0.25, -0.2) is 0 Å². The van der Waals surface area contributed by atoms with Crippen LogP contribution in [0.15, 0.2) is 35.5 Å². The molecule has 1 amide bonds. The van der Waals surface area contributed by atoms with E-state index in [9.17, 15) is 4.79 Å². The Kier molecular flexibility index (Phi) is 5.12. The van der Waals surface area contributed by atoms with Crippen LogP contribution in [0.3, 0.4) is 0 Å². The van der Waals surface area contributed by atoms with Gasteiger partial charge in [0.2, 0.25) is 11.9 Å². The fourth-order valence-electron chi connectivity index (χ4n) is 3.28. The van der Waals surface area contributed by atoms with Crippen LogP contribution < -0.4 is 5.73 Å². The van der Waals surface area contributed by atoms with Gasteiger partial charge in [0.1, 0.15) is 0 Å². The van der Waals surface area contributed by atoms with E-state index in [-0.39, 0.29) is 5.91 Å². The average molecular weight is 372 g/mol. The molecule has 8 heteroatoms. The standard InChI is InChI=1S/C18H24N6OS/c19-17-20-21-18(24(17)15-6-7-15)26-13-16(25)23-10-8-22(9-11-23)12-14-4-2-1-3-5-14/h1-5,15H,6-13H2,(H2,19,20). The lowest BCUT2D eigenvalue weighted by molar-refractivity contribution is -0.130.